The van der Waals surface area contributed by atoms with Gasteiger partial charge in [0.15, 0.2) is 5.78 Å². The standard InChI is InChI=1S/C15H13NO3/c17-15-7-2-1-5-13(15)6-3-4-12-8-10-14(11-9-12)16(18)19/h2-4,6-11H,1,5H2/b4-3+,13-6+. The van der Waals surface area contributed by atoms with E-state index in [1.807, 2.05) is 12.2 Å². The number of allylic oxidation sites excluding steroid dienone is 5. The molecule has 2 rings (SSSR count). The Bertz CT molecular complexity index is 580. The molecule has 96 valence electrons. The number of rotatable bonds is 3. The summed E-state index contributed by atoms with van der Waals surface area (Å²) in [6.45, 7) is 0. The lowest BCUT2D eigenvalue weighted by molar-refractivity contribution is -0.384. The first kappa shape index (κ1) is 13.0. The molecule has 0 heterocycles. The van der Waals surface area contributed by atoms with E-state index >= 15 is 0 Å². The molecule has 4 nitrogen and oxygen atoms in total. The summed E-state index contributed by atoms with van der Waals surface area (Å²) in [5, 5.41) is 10.5. The smallest absolute Gasteiger partial charge is 0.269 e. The van der Waals surface area contributed by atoms with E-state index in [0.717, 1.165) is 24.0 Å². The number of carbonyl (C=O) groups is 1. The summed E-state index contributed by atoms with van der Waals surface area (Å²) in [6, 6.07) is 6.27. The zero-order valence-electron chi connectivity index (χ0n) is 10.3. The molecule has 0 N–H and O–H groups in total. The van der Waals surface area contributed by atoms with Crippen LogP contribution in [0.2, 0.25) is 0 Å². The Labute approximate surface area is 110 Å². The highest BCUT2D eigenvalue weighted by Crippen LogP contribution is 2.15. The fourth-order valence-corrected chi connectivity index (χ4v) is 1.81. The second kappa shape index (κ2) is 5.91. The zero-order valence-corrected chi connectivity index (χ0v) is 10.3. The molecule has 0 atom stereocenters. The quantitative estimate of drug-likeness (QED) is 0.472. The van der Waals surface area contributed by atoms with Crippen molar-refractivity contribution in [1.29, 1.82) is 0 Å². The van der Waals surface area contributed by atoms with E-state index in [1.165, 1.54) is 12.1 Å². The minimum Gasteiger partial charge on any atom is -0.290 e. The molecule has 0 fully saturated rings. The predicted octanol–water partition coefficient (Wildman–Crippen LogP) is 3.45. The molecule has 0 bridgehead atoms. The van der Waals surface area contributed by atoms with Crippen LogP contribution in [0, 0.1) is 10.1 Å². The van der Waals surface area contributed by atoms with Crippen molar-refractivity contribution < 1.29 is 9.72 Å². The van der Waals surface area contributed by atoms with Gasteiger partial charge in [0.25, 0.3) is 5.69 Å². The van der Waals surface area contributed by atoms with Gasteiger partial charge in [-0.1, -0.05) is 24.3 Å². The Morgan fingerprint density at radius 3 is 2.58 bits per heavy atom. The van der Waals surface area contributed by atoms with Crippen LogP contribution in [0.4, 0.5) is 5.69 Å². The molecule has 0 aliphatic heterocycles. The predicted molar refractivity (Wildman–Crippen MR) is 73.6 cm³/mol. The van der Waals surface area contributed by atoms with Gasteiger partial charge in [0.1, 0.15) is 0 Å². The van der Waals surface area contributed by atoms with Gasteiger partial charge in [-0.15, -0.1) is 0 Å². The molecule has 0 spiro atoms. The molecule has 0 saturated carbocycles. The van der Waals surface area contributed by atoms with Crippen LogP contribution in [-0.4, -0.2) is 10.7 Å². The third-order valence-electron chi connectivity index (χ3n) is 2.86. The molecule has 0 saturated heterocycles. The second-order valence-corrected chi connectivity index (χ2v) is 4.20. The van der Waals surface area contributed by atoms with E-state index in [0.29, 0.717) is 0 Å². The number of benzene rings is 1. The van der Waals surface area contributed by atoms with Gasteiger partial charge in [0.2, 0.25) is 0 Å². The van der Waals surface area contributed by atoms with Crippen LogP contribution in [0.1, 0.15) is 18.4 Å². The number of nitrogens with zero attached hydrogens (tertiary/aromatic N) is 1. The first-order valence-electron chi connectivity index (χ1n) is 5.99. The summed E-state index contributed by atoms with van der Waals surface area (Å²) in [7, 11) is 0. The molecule has 0 aromatic heterocycles. The number of non-ortho nitro benzene ring substituents is 1. The zero-order chi connectivity index (χ0) is 13.7. The maximum Gasteiger partial charge on any atom is 0.269 e. The molecule has 1 aliphatic rings. The van der Waals surface area contributed by atoms with Crippen LogP contribution < -0.4 is 0 Å². The van der Waals surface area contributed by atoms with Crippen molar-refractivity contribution in [3.8, 4) is 0 Å². The van der Waals surface area contributed by atoms with E-state index < -0.39 is 4.92 Å². The van der Waals surface area contributed by atoms with Crippen molar-refractivity contribution in [1.82, 2.24) is 0 Å². The van der Waals surface area contributed by atoms with Gasteiger partial charge in [0.05, 0.1) is 4.92 Å². The van der Waals surface area contributed by atoms with Crippen LogP contribution >= 0.6 is 0 Å². The molecule has 4 heteroatoms. The van der Waals surface area contributed by atoms with Gasteiger partial charge < -0.3 is 0 Å². The molecule has 19 heavy (non-hydrogen) atoms. The summed E-state index contributed by atoms with van der Waals surface area (Å²) in [5.41, 5.74) is 1.73. The molecular formula is C15H13NO3. The van der Waals surface area contributed by atoms with Gasteiger partial charge >= 0.3 is 0 Å². The van der Waals surface area contributed by atoms with Crippen LogP contribution in [0.3, 0.4) is 0 Å². The number of nitro groups is 1. The van der Waals surface area contributed by atoms with E-state index in [9.17, 15) is 14.9 Å². The highest BCUT2D eigenvalue weighted by atomic mass is 16.6. The van der Waals surface area contributed by atoms with Crippen molar-refractivity contribution in [3.63, 3.8) is 0 Å². The maximum absolute atomic E-state index is 11.5. The second-order valence-electron chi connectivity index (χ2n) is 4.20. The highest BCUT2D eigenvalue weighted by Gasteiger charge is 2.08. The summed E-state index contributed by atoms with van der Waals surface area (Å²) in [4.78, 5) is 21.6. The minimum absolute atomic E-state index is 0.0552. The lowest BCUT2D eigenvalue weighted by Gasteiger charge is -2.04. The summed E-state index contributed by atoms with van der Waals surface area (Å²) in [6.07, 6.45) is 10.5. The number of hydrogen-bond donors (Lipinski definition) is 0. The Morgan fingerprint density at radius 1 is 1.21 bits per heavy atom. The van der Waals surface area contributed by atoms with Crippen molar-refractivity contribution in [2.45, 2.75) is 12.8 Å². The Kier molecular flexibility index (Phi) is 4.03. The van der Waals surface area contributed by atoms with E-state index in [-0.39, 0.29) is 11.5 Å². The average molecular weight is 255 g/mol. The fourth-order valence-electron chi connectivity index (χ4n) is 1.81. The monoisotopic (exact) mass is 255 g/mol. The lowest BCUT2D eigenvalue weighted by atomic mass is 9.99. The summed E-state index contributed by atoms with van der Waals surface area (Å²) < 4.78 is 0. The van der Waals surface area contributed by atoms with Gasteiger partial charge in [-0.05, 0) is 42.2 Å². The molecule has 0 radical (unpaired) electrons. The normalized spacial score (nSPS) is 17.3. The van der Waals surface area contributed by atoms with Gasteiger partial charge in [-0.3, -0.25) is 14.9 Å². The number of nitro benzene ring substituents is 1. The van der Waals surface area contributed by atoms with Gasteiger partial charge in [0, 0.05) is 12.1 Å². The maximum atomic E-state index is 11.5. The first-order valence-corrected chi connectivity index (χ1v) is 5.99. The van der Waals surface area contributed by atoms with E-state index in [4.69, 9.17) is 0 Å². The van der Waals surface area contributed by atoms with Crippen molar-refractivity contribution in [3.05, 3.63) is 69.8 Å². The fraction of sp³-hybridized carbons (Fsp3) is 0.133. The average Bonchev–Trinajstić information content (AvgIpc) is 2.41. The van der Waals surface area contributed by atoms with E-state index in [1.54, 1.807) is 30.4 Å². The molecule has 0 unspecified atom stereocenters. The number of ketones is 1. The Hall–Kier alpha value is -2.49. The Morgan fingerprint density at radius 2 is 1.95 bits per heavy atom. The largest absolute Gasteiger partial charge is 0.290 e. The van der Waals surface area contributed by atoms with Crippen LogP contribution in [0.25, 0.3) is 6.08 Å². The van der Waals surface area contributed by atoms with Crippen molar-refractivity contribution in [2.75, 3.05) is 0 Å². The third-order valence-corrected chi connectivity index (χ3v) is 2.86. The van der Waals surface area contributed by atoms with Crippen LogP contribution in [0.5, 0.6) is 0 Å². The van der Waals surface area contributed by atoms with Crippen molar-refractivity contribution in [2.24, 2.45) is 0 Å². The van der Waals surface area contributed by atoms with Gasteiger partial charge in [-0.2, -0.15) is 0 Å². The van der Waals surface area contributed by atoms with Gasteiger partial charge in [-0.25, -0.2) is 0 Å². The molecule has 1 aromatic carbocycles. The lowest BCUT2D eigenvalue weighted by Crippen LogP contribution is -2.02. The highest BCUT2D eigenvalue weighted by molar-refractivity contribution is 6.04. The molecule has 1 aromatic rings. The number of hydrogen-bond acceptors (Lipinski definition) is 3. The third kappa shape index (κ3) is 3.48. The summed E-state index contributed by atoms with van der Waals surface area (Å²) >= 11 is 0. The molecule has 1 aliphatic carbocycles. The van der Waals surface area contributed by atoms with Crippen LogP contribution in [-0.2, 0) is 4.79 Å². The SMILES string of the molecule is O=C1C=CCC/C1=C\C=C\c1ccc([N+](=O)[O-])cc1. The van der Waals surface area contributed by atoms with E-state index in [2.05, 4.69) is 0 Å². The molecule has 0 amide bonds. The first-order chi connectivity index (χ1) is 9.16. The summed E-state index contributed by atoms with van der Waals surface area (Å²) in [5.74, 6) is 0.0552. The topological polar surface area (TPSA) is 60.2 Å². The molecular weight excluding hydrogens is 242 g/mol. The minimum atomic E-state index is -0.428. The van der Waals surface area contributed by atoms with Crippen molar-refractivity contribution >= 4 is 17.5 Å². The van der Waals surface area contributed by atoms with Crippen LogP contribution in [0.15, 0.2) is 54.1 Å². The Balaban J connectivity index is 2.06. The number of carbonyl (C=O) groups excluding carboxylic acids is 1.